The van der Waals surface area contributed by atoms with Gasteiger partial charge in [-0.3, -0.25) is 4.90 Å². The van der Waals surface area contributed by atoms with Crippen LogP contribution in [0.1, 0.15) is 62.3 Å². The lowest BCUT2D eigenvalue weighted by Gasteiger charge is -2.28. The Morgan fingerprint density at radius 1 is 0.912 bits per heavy atom. The van der Waals surface area contributed by atoms with Crippen LogP contribution in [0.15, 0.2) is 78.9 Å². The summed E-state index contributed by atoms with van der Waals surface area (Å²) in [6.45, 7) is 11.7. The molecule has 4 aromatic rings. The van der Waals surface area contributed by atoms with Crippen LogP contribution in [0, 0.1) is 0 Å². The van der Waals surface area contributed by atoms with E-state index in [-0.39, 0.29) is 0 Å². The quantitative estimate of drug-likeness (QED) is 0.321. The SMILES string of the molecule is CC.CCC(C)c1cc(Nc2ccc(CN3CCc4ccccc4C3)cc2)nc2ccccc12. The standard InChI is InChI=1S/C29H31N3.C2H6/c1-3-21(2)27-18-29(31-28-11-7-6-10-26(27)28)30-25-14-12-22(13-15-25)19-32-17-16-23-8-4-5-9-24(23)20-32;1-2/h4-15,18,21H,3,16-17,19-20H2,1-2H3,(H,30,31);1-2H3. The maximum absolute atomic E-state index is 4.87. The first-order chi connectivity index (χ1) is 16.7. The van der Waals surface area contributed by atoms with Crippen LogP contribution < -0.4 is 5.32 Å². The van der Waals surface area contributed by atoms with Gasteiger partial charge in [-0.05, 0) is 65.3 Å². The summed E-state index contributed by atoms with van der Waals surface area (Å²) in [6, 6.07) is 28.3. The van der Waals surface area contributed by atoms with E-state index in [1.807, 2.05) is 13.8 Å². The number of nitrogens with zero attached hydrogens (tertiary/aromatic N) is 2. The first kappa shape index (κ1) is 24.0. The summed E-state index contributed by atoms with van der Waals surface area (Å²) in [7, 11) is 0. The van der Waals surface area contributed by atoms with Gasteiger partial charge in [0.05, 0.1) is 5.52 Å². The van der Waals surface area contributed by atoms with Gasteiger partial charge in [0.15, 0.2) is 0 Å². The smallest absolute Gasteiger partial charge is 0.131 e. The fourth-order valence-corrected chi connectivity index (χ4v) is 4.68. The van der Waals surface area contributed by atoms with Crippen LogP contribution in [0.5, 0.6) is 0 Å². The van der Waals surface area contributed by atoms with Gasteiger partial charge < -0.3 is 5.32 Å². The maximum Gasteiger partial charge on any atom is 0.131 e. The molecule has 2 heterocycles. The fourth-order valence-electron chi connectivity index (χ4n) is 4.68. The fraction of sp³-hybridized carbons (Fsp3) is 0.323. The molecule has 0 saturated carbocycles. The second kappa shape index (κ2) is 11.3. The molecule has 0 bridgehead atoms. The van der Waals surface area contributed by atoms with Crippen LogP contribution in [-0.2, 0) is 19.5 Å². The molecule has 1 aliphatic rings. The van der Waals surface area contributed by atoms with E-state index in [2.05, 4.69) is 103 Å². The average molecular weight is 452 g/mol. The van der Waals surface area contributed by atoms with E-state index < -0.39 is 0 Å². The molecular formula is C31H37N3. The molecule has 5 rings (SSSR count). The molecule has 3 aromatic carbocycles. The predicted molar refractivity (Wildman–Crippen MR) is 146 cm³/mol. The average Bonchev–Trinajstić information content (AvgIpc) is 2.90. The van der Waals surface area contributed by atoms with Crippen LogP contribution in [0.4, 0.5) is 11.5 Å². The van der Waals surface area contributed by atoms with Crippen molar-refractivity contribution >= 4 is 22.4 Å². The van der Waals surface area contributed by atoms with Crippen LogP contribution in [0.3, 0.4) is 0 Å². The Hall–Kier alpha value is -3.17. The zero-order valence-electron chi connectivity index (χ0n) is 21.0. The molecule has 0 fully saturated rings. The van der Waals surface area contributed by atoms with Crippen molar-refractivity contribution in [1.29, 1.82) is 0 Å². The van der Waals surface area contributed by atoms with E-state index in [1.165, 1.54) is 27.6 Å². The number of nitrogens with one attached hydrogen (secondary N) is 1. The van der Waals surface area contributed by atoms with Crippen LogP contribution in [0.25, 0.3) is 10.9 Å². The second-order valence-electron chi connectivity index (χ2n) is 8.97. The summed E-state index contributed by atoms with van der Waals surface area (Å²) in [5.74, 6) is 1.42. The normalized spacial score (nSPS) is 14.1. The number of rotatable bonds is 6. The zero-order valence-corrected chi connectivity index (χ0v) is 21.0. The van der Waals surface area contributed by atoms with Crippen molar-refractivity contribution in [2.75, 3.05) is 11.9 Å². The molecule has 34 heavy (non-hydrogen) atoms. The molecule has 3 nitrogen and oxygen atoms in total. The number of hydrogen-bond acceptors (Lipinski definition) is 3. The number of benzene rings is 3. The van der Waals surface area contributed by atoms with Crippen molar-refractivity contribution in [3.63, 3.8) is 0 Å². The highest BCUT2D eigenvalue weighted by atomic mass is 15.1. The topological polar surface area (TPSA) is 28.2 Å². The van der Waals surface area contributed by atoms with Gasteiger partial charge in [-0.1, -0.05) is 82.3 Å². The van der Waals surface area contributed by atoms with Crippen molar-refractivity contribution in [2.45, 2.75) is 59.5 Å². The molecule has 1 unspecified atom stereocenters. The summed E-state index contributed by atoms with van der Waals surface area (Å²) in [5.41, 5.74) is 7.81. The van der Waals surface area contributed by atoms with E-state index in [4.69, 9.17) is 4.98 Å². The molecule has 0 saturated heterocycles. The Labute approximate surface area is 204 Å². The molecular weight excluding hydrogens is 414 g/mol. The van der Waals surface area contributed by atoms with Gasteiger partial charge in [0.1, 0.15) is 5.82 Å². The van der Waals surface area contributed by atoms with Gasteiger partial charge in [-0.2, -0.15) is 0 Å². The summed E-state index contributed by atoms with van der Waals surface area (Å²) >= 11 is 0. The lowest BCUT2D eigenvalue weighted by atomic mass is 9.95. The molecule has 1 atom stereocenters. The minimum atomic E-state index is 0.500. The molecule has 1 aliphatic heterocycles. The van der Waals surface area contributed by atoms with E-state index in [1.54, 1.807) is 0 Å². The first-order valence-electron chi connectivity index (χ1n) is 12.7. The molecule has 0 spiro atoms. The van der Waals surface area contributed by atoms with E-state index in [0.29, 0.717) is 5.92 Å². The summed E-state index contributed by atoms with van der Waals surface area (Å²) in [5, 5.41) is 4.79. The number of aromatic nitrogens is 1. The van der Waals surface area contributed by atoms with E-state index >= 15 is 0 Å². The highest BCUT2D eigenvalue weighted by Gasteiger charge is 2.16. The van der Waals surface area contributed by atoms with Crippen molar-refractivity contribution in [3.8, 4) is 0 Å². The predicted octanol–water partition coefficient (Wildman–Crippen LogP) is 8.08. The van der Waals surface area contributed by atoms with Gasteiger partial charge in [-0.15, -0.1) is 0 Å². The molecule has 3 heteroatoms. The Morgan fingerprint density at radius 3 is 2.38 bits per heavy atom. The van der Waals surface area contributed by atoms with Crippen molar-refractivity contribution in [2.24, 2.45) is 0 Å². The number of anilines is 2. The minimum absolute atomic E-state index is 0.500. The van der Waals surface area contributed by atoms with Crippen LogP contribution in [0.2, 0.25) is 0 Å². The third-order valence-electron chi connectivity index (χ3n) is 6.73. The zero-order chi connectivity index (χ0) is 23.9. The molecule has 1 aromatic heterocycles. The largest absolute Gasteiger partial charge is 0.340 e. The molecule has 1 N–H and O–H groups in total. The van der Waals surface area contributed by atoms with E-state index in [9.17, 15) is 0 Å². The first-order valence-corrected chi connectivity index (χ1v) is 12.7. The summed E-state index contributed by atoms with van der Waals surface area (Å²) in [6.07, 6.45) is 2.26. The summed E-state index contributed by atoms with van der Waals surface area (Å²) < 4.78 is 0. The molecule has 0 radical (unpaired) electrons. The van der Waals surface area contributed by atoms with Crippen LogP contribution >= 0.6 is 0 Å². The highest BCUT2D eigenvalue weighted by Crippen LogP contribution is 2.30. The van der Waals surface area contributed by atoms with Gasteiger partial charge in [0.25, 0.3) is 0 Å². The monoisotopic (exact) mass is 451 g/mol. The van der Waals surface area contributed by atoms with Crippen molar-refractivity contribution in [1.82, 2.24) is 9.88 Å². The number of pyridine rings is 1. The van der Waals surface area contributed by atoms with Gasteiger partial charge in [0.2, 0.25) is 0 Å². The van der Waals surface area contributed by atoms with Gasteiger partial charge in [0, 0.05) is 30.7 Å². The second-order valence-corrected chi connectivity index (χ2v) is 8.97. The Balaban J connectivity index is 0.00000133. The molecule has 176 valence electrons. The minimum Gasteiger partial charge on any atom is -0.340 e. The molecule has 0 aliphatic carbocycles. The van der Waals surface area contributed by atoms with E-state index in [0.717, 1.165) is 49.5 Å². The third kappa shape index (κ3) is 5.48. The number of para-hydroxylation sites is 1. The number of hydrogen-bond donors (Lipinski definition) is 1. The lowest BCUT2D eigenvalue weighted by Crippen LogP contribution is -2.29. The maximum atomic E-state index is 4.87. The highest BCUT2D eigenvalue weighted by molar-refractivity contribution is 5.85. The van der Waals surface area contributed by atoms with Crippen molar-refractivity contribution < 1.29 is 0 Å². The van der Waals surface area contributed by atoms with Gasteiger partial charge in [-0.25, -0.2) is 4.98 Å². The van der Waals surface area contributed by atoms with Gasteiger partial charge >= 0.3 is 0 Å². The molecule has 0 amide bonds. The number of fused-ring (bicyclic) bond motifs is 2. The lowest BCUT2D eigenvalue weighted by molar-refractivity contribution is 0.245. The van der Waals surface area contributed by atoms with Crippen molar-refractivity contribution in [3.05, 3.63) is 101 Å². The Morgan fingerprint density at radius 2 is 1.62 bits per heavy atom. The Bertz CT molecular complexity index is 1210. The third-order valence-corrected chi connectivity index (χ3v) is 6.73. The summed E-state index contributed by atoms with van der Waals surface area (Å²) in [4.78, 5) is 7.40. The van der Waals surface area contributed by atoms with Crippen LogP contribution in [-0.4, -0.2) is 16.4 Å². The Kier molecular flexibility index (Phi) is 7.97.